The van der Waals surface area contributed by atoms with Crippen LogP contribution in [0.1, 0.15) is 30.2 Å². The Morgan fingerprint density at radius 2 is 2.13 bits per heavy atom. The number of hydrogen-bond donors (Lipinski definition) is 1. The number of benzene rings is 1. The first-order valence-corrected chi connectivity index (χ1v) is 13.1. The van der Waals surface area contributed by atoms with Crippen molar-refractivity contribution in [1.82, 2.24) is 25.2 Å². The highest BCUT2D eigenvalue weighted by molar-refractivity contribution is 6.37. The second kappa shape index (κ2) is 11.7. The van der Waals surface area contributed by atoms with Gasteiger partial charge in [0, 0.05) is 58.7 Å². The zero-order valence-electron chi connectivity index (χ0n) is 21.9. The molecule has 0 aliphatic carbocycles. The number of aromatic nitrogens is 3. The van der Waals surface area contributed by atoms with Crippen LogP contribution in [0.2, 0.25) is 5.02 Å². The predicted octanol–water partition coefficient (Wildman–Crippen LogP) is 5.12. The Labute approximate surface area is 232 Å². The van der Waals surface area contributed by atoms with Gasteiger partial charge < -0.3 is 10.1 Å². The van der Waals surface area contributed by atoms with E-state index in [1.165, 1.54) is 0 Å². The Balaban J connectivity index is 1.54. The molecule has 5 rings (SSSR count). The number of pyridine rings is 1. The average Bonchev–Trinajstić information content (AvgIpc) is 3.45. The van der Waals surface area contributed by atoms with E-state index in [1.54, 1.807) is 29.7 Å². The van der Waals surface area contributed by atoms with E-state index in [0.29, 0.717) is 41.0 Å². The SMILES string of the molecule is C=C(/N=C1\C(=C/C)C=C(c2ccc(-c3nccnc3C)cc2Cl)C(=O)N1Cc1cccnc1)N[C@@H]1CCOC1. The highest BCUT2D eigenvalue weighted by atomic mass is 35.5. The van der Waals surface area contributed by atoms with Crippen LogP contribution < -0.4 is 5.32 Å². The van der Waals surface area contributed by atoms with Crippen molar-refractivity contribution in [1.29, 1.82) is 0 Å². The van der Waals surface area contributed by atoms with Gasteiger partial charge in [0.05, 0.1) is 30.6 Å². The first-order chi connectivity index (χ1) is 18.9. The van der Waals surface area contributed by atoms with Gasteiger partial charge in [-0.25, -0.2) is 4.99 Å². The molecule has 3 aromatic rings. The van der Waals surface area contributed by atoms with Gasteiger partial charge >= 0.3 is 0 Å². The lowest BCUT2D eigenvalue weighted by Gasteiger charge is -2.31. The molecule has 2 aromatic heterocycles. The highest BCUT2D eigenvalue weighted by Crippen LogP contribution is 2.34. The van der Waals surface area contributed by atoms with E-state index in [4.69, 9.17) is 21.3 Å². The normalized spacial score (nSPS) is 19.5. The Morgan fingerprint density at radius 1 is 1.28 bits per heavy atom. The number of nitrogens with one attached hydrogen (secondary N) is 1. The fraction of sp³-hybridized carbons (Fsp3) is 0.233. The smallest absolute Gasteiger partial charge is 0.260 e. The van der Waals surface area contributed by atoms with Crippen molar-refractivity contribution < 1.29 is 9.53 Å². The quantitative estimate of drug-likeness (QED) is 0.447. The molecule has 1 aromatic carbocycles. The molecule has 2 aliphatic heterocycles. The molecule has 0 unspecified atom stereocenters. The molecule has 4 heterocycles. The molecule has 1 atom stereocenters. The van der Waals surface area contributed by atoms with E-state index >= 15 is 0 Å². The first kappa shape index (κ1) is 26.5. The lowest BCUT2D eigenvalue weighted by Crippen LogP contribution is -2.41. The molecule has 1 N–H and O–H groups in total. The van der Waals surface area contributed by atoms with Crippen LogP contribution in [0.5, 0.6) is 0 Å². The van der Waals surface area contributed by atoms with Gasteiger partial charge in [-0.1, -0.05) is 42.5 Å². The molecule has 2 aliphatic rings. The van der Waals surface area contributed by atoms with Gasteiger partial charge in [-0.05, 0) is 44.0 Å². The lowest BCUT2D eigenvalue weighted by atomic mass is 9.94. The summed E-state index contributed by atoms with van der Waals surface area (Å²) in [6, 6.07) is 9.50. The second-order valence-corrected chi connectivity index (χ2v) is 9.73. The van der Waals surface area contributed by atoms with Crippen molar-refractivity contribution in [2.75, 3.05) is 13.2 Å². The van der Waals surface area contributed by atoms with Crippen molar-refractivity contribution >= 4 is 28.9 Å². The van der Waals surface area contributed by atoms with E-state index < -0.39 is 0 Å². The summed E-state index contributed by atoms with van der Waals surface area (Å²) < 4.78 is 5.46. The van der Waals surface area contributed by atoms with E-state index in [9.17, 15) is 4.79 Å². The Morgan fingerprint density at radius 3 is 2.82 bits per heavy atom. The molecule has 198 valence electrons. The molecule has 8 nitrogen and oxygen atoms in total. The lowest BCUT2D eigenvalue weighted by molar-refractivity contribution is -0.122. The van der Waals surface area contributed by atoms with Crippen LogP contribution in [0.15, 0.2) is 90.2 Å². The van der Waals surface area contributed by atoms with E-state index in [2.05, 4.69) is 26.8 Å². The van der Waals surface area contributed by atoms with Crippen molar-refractivity contribution in [2.45, 2.75) is 32.9 Å². The monoisotopic (exact) mass is 540 g/mol. The number of rotatable bonds is 7. The summed E-state index contributed by atoms with van der Waals surface area (Å²) in [6.07, 6.45) is 11.4. The Bertz CT molecular complexity index is 1490. The Kier molecular flexibility index (Phi) is 7.95. The molecule has 0 spiro atoms. The van der Waals surface area contributed by atoms with Crippen LogP contribution in [-0.4, -0.2) is 50.9 Å². The van der Waals surface area contributed by atoms with Crippen LogP contribution in [0.3, 0.4) is 0 Å². The summed E-state index contributed by atoms with van der Waals surface area (Å²) in [5.41, 5.74) is 5.13. The minimum atomic E-state index is -0.217. The summed E-state index contributed by atoms with van der Waals surface area (Å²) >= 11 is 6.79. The van der Waals surface area contributed by atoms with E-state index in [1.807, 2.05) is 56.3 Å². The maximum absolute atomic E-state index is 14.1. The number of halogens is 1. The fourth-order valence-electron chi connectivity index (χ4n) is 4.65. The number of aliphatic imine (C=N–C) groups is 1. The van der Waals surface area contributed by atoms with Gasteiger partial charge in [0.1, 0.15) is 11.7 Å². The van der Waals surface area contributed by atoms with E-state index in [0.717, 1.165) is 34.5 Å². The molecule has 9 heteroatoms. The number of nitrogens with zero attached hydrogens (tertiary/aromatic N) is 5. The second-order valence-electron chi connectivity index (χ2n) is 9.33. The van der Waals surface area contributed by atoms with Gasteiger partial charge in [0.25, 0.3) is 5.91 Å². The Hall–Kier alpha value is -4.14. The third-order valence-corrected chi connectivity index (χ3v) is 6.93. The van der Waals surface area contributed by atoms with Crippen molar-refractivity contribution in [2.24, 2.45) is 4.99 Å². The third-order valence-electron chi connectivity index (χ3n) is 6.62. The number of amidine groups is 1. The van der Waals surface area contributed by atoms with Gasteiger partial charge in [0.15, 0.2) is 0 Å². The van der Waals surface area contributed by atoms with Crippen LogP contribution in [0.4, 0.5) is 0 Å². The van der Waals surface area contributed by atoms with Crippen molar-refractivity contribution in [3.05, 3.63) is 107 Å². The molecular weight excluding hydrogens is 512 g/mol. The first-order valence-electron chi connectivity index (χ1n) is 12.7. The summed E-state index contributed by atoms with van der Waals surface area (Å²) in [5, 5.41) is 3.76. The highest BCUT2D eigenvalue weighted by Gasteiger charge is 2.32. The minimum Gasteiger partial charge on any atom is -0.379 e. The van der Waals surface area contributed by atoms with Crippen LogP contribution in [-0.2, 0) is 16.1 Å². The third kappa shape index (κ3) is 5.82. The number of aryl methyl sites for hydroxylation is 1. The molecule has 1 fully saturated rings. The van der Waals surface area contributed by atoms with Crippen LogP contribution >= 0.6 is 11.6 Å². The van der Waals surface area contributed by atoms with Gasteiger partial charge in [-0.2, -0.15) is 0 Å². The van der Waals surface area contributed by atoms with Crippen molar-refractivity contribution in [3.8, 4) is 11.3 Å². The number of hydrogen-bond acceptors (Lipinski definition) is 7. The summed E-state index contributed by atoms with van der Waals surface area (Å²) in [5.74, 6) is 0.766. The van der Waals surface area contributed by atoms with Crippen LogP contribution in [0.25, 0.3) is 16.8 Å². The molecule has 0 radical (unpaired) electrons. The van der Waals surface area contributed by atoms with Crippen LogP contribution in [0, 0.1) is 6.92 Å². The predicted molar refractivity (Wildman–Crippen MR) is 153 cm³/mol. The number of carbonyl (C=O) groups is 1. The number of allylic oxidation sites excluding steroid dienone is 1. The molecule has 0 bridgehead atoms. The number of carbonyl (C=O) groups excluding carboxylic acids is 1. The topological polar surface area (TPSA) is 92.6 Å². The molecular formula is C30H29ClN6O2. The van der Waals surface area contributed by atoms with E-state index in [-0.39, 0.29) is 18.5 Å². The number of ether oxygens (including phenoxy) is 1. The van der Waals surface area contributed by atoms with Crippen molar-refractivity contribution in [3.63, 3.8) is 0 Å². The molecule has 39 heavy (non-hydrogen) atoms. The molecule has 0 saturated carbocycles. The summed E-state index contributed by atoms with van der Waals surface area (Å²) in [4.78, 5) is 33.5. The number of amides is 1. The van der Waals surface area contributed by atoms with Gasteiger partial charge in [0.2, 0.25) is 0 Å². The zero-order chi connectivity index (χ0) is 27.4. The summed E-state index contributed by atoms with van der Waals surface area (Å²) in [7, 11) is 0. The minimum absolute atomic E-state index is 0.142. The molecule has 1 amide bonds. The summed E-state index contributed by atoms with van der Waals surface area (Å²) in [6.45, 7) is 9.51. The maximum atomic E-state index is 14.1. The molecule has 1 saturated heterocycles. The van der Waals surface area contributed by atoms with Gasteiger partial charge in [-0.3, -0.25) is 24.6 Å². The zero-order valence-corrected chi connectivity index (χ0v) is 22.7. The fourth-order valence-corrected chi connectivity index (χ4v) is 4.93. The maximum Gasteiger partial charge on any atom is 0.260 e. The average molecular weight is 541 g/mol. The largest absolute Gasteiger partial charge is 0.379 e. The van der Waals surface area contributed by atoms with Gasteiger partial charge in [-0.15, -0.1) is 0 Å². The standard InChI is InChI=1S/C30H29ClN6O2/c1-4-22-14-26(25-8-7-23(15-27(25)31)28-19(2)33-11-12-34-28)30(38)37(17-21-6-5-10-32-16-21)29(22)36-20(3)35-24-9-13-39-18-24/h4-8,10-12,14-16,24,35H,3,9,13,17-18H2,1-2H3/b22-4-,36-29+/t24-/m1/s1.